The van der Waals surface area contributed by atoms with Crippen molar-refractivity contribution in [2.75, 3.05) is 10.6 Å². The van der Waals surface area contributed by atoms with Crippen LogP contribution >= 0.6 is 11.6 Å². The van der Waals surface area contributed by atoms with Gasteiger partial charge in [0.05, 0.1) is 21.8 Å². The SMILES string of the molecule is O=CNc1cccc(C(=O)Nc2ccc(Oc3ccc(C(F)(F)F)cn3)c(Cl)c2)c1O. The summed E-state index contributed by atoms with van der Waals surface area (Å²) in [5.41, 5.74) is -0.679. The minimum Gasteiger partial charge on any atom is -0.505 e. The zero-order valence-electron chi connectivity index (χ0n) is 15.4. The van der Waals surface area contributed by atoms with Gasteiger partial charge in [-0.15, -0.1) is 0 Å². The first-order chi connectivity index (χ1) is 14.7. The summed E-state index contributed by atoms with van der Waals surface area (Å²) in [6, 6.07) is 10.3. The molecule has 11 heteroatoms. The van der Waals surface area contributed by atoms with Gasteiger partial charge >= 0.3 is 6.18 Å². The van der Waals surface area contributed by atoms with E-state index in [4.69, 9.17) is 16.3 Å². The van der Waals surface area contributed by atoms with Gasteiger partial charge in [-0.05, 0) is 36.4 Å². The topological polar surface area (TPSA) is 101 Å². The highest BCUT2D eigenvalue weighted by Crippen LogP contribution is 2.34. The van der Waals surface area contributed by atoms with Crippen LogP contribution in [0.15, 0.2) is 54.7 Å². The van der Waals surface area contributed by atoms with Gasteiger partial charge in [0.15, 0.2) is 5.75 Å². The van der Waals surface area contributed by atoms with E-state index in [9.17, 15) is 27.9 Å². The number of halogens is 4. The van der Waals surface area contributed by atoms with E-state index in [1.165, 1.54) is 36.4 Å². The Hall–Kier alpha value is -3.79. The number of aromatic nitrogens is 1. The number of hydrogen-bond acceptors (Lipinski definition) is 5. The lowest BCUT2D eigenvalue weighted by atomic mass is 10.1. The highest BCUT2D eigenvalue weighted by Gasteiger charge is 2.30. The maximum atomic E-state index is 12.6. The number of amides is 2. The van der Waals surface area contributed by atoms with Crippen LogP contribution in [0.5, 0.6) is 17.4 Å². The van der Waals surface area contributed by atoms with Gasteiger partial charge in [0.1, 0.15) is 5.75 Å². The number of carbonyl (C=O) groups is 2. The van der Waals surface area contributed by atoms with E-state index in [1.807, 2.05) is 0 Å². The van der Waals surface area contributed by atoms with Gasteiger partial charge in [-0.25, -0.2) is 4.98 Å². The van der Waals surface area contributed by atoms with E-state index >= 15 is 0 Å². The Labute approximate surface area is 178 Å². The molecule has 160 valence electrons. The molecule has 2 amide bonds. The zero-order valence-corrected chi connectivity index (χ0v) is 16.2. The summed E-state index contributed by atoms with van der Waals surface area (Å²) in [6.07, 6.45) is -3.51. The van der Waals surface area contributed by atoms with Crippen LogP contribution in [0.25, 0.3) is 0 Å². The molecule has 3 aromatic rings. The van der Waals surface area contributed by atoms with E-state index < -0.39 is 23.4 Å². The third kappa shape index (κ3) is 5.23. The average Bonchev–Trinajstić information content (AvgIpc) is 2.71. The van der Waals surface area contributed by atoms with Crippen molar-refractivity contribution in [2.45, 2.75) is 6.18 Å². The number of alkyl halides is 3. The van der Waals surface area contributed by atoms with Crippen molar-refractivity contribution in [2.24, 2.45) is 0 Å². The molecule has 0 bridgehead atoms. The Bertz CT molecular complexity index is 1120. The monoisotopic (exact) mass is 451 g/mol. The molecular formula is C20H13ClF3N3O4. The maximum absolute atomic E-state index is 12.6. The van der Waals surface area contributed by atoms with Crippen molar-refractivity contribution in [3.63, 3.8) is 0 Å². The molecular weight excluding hydrogens is 439 g/mol. The van der Waals surface area contributed by atoms with Gasteiger partial charge in [0, 0.05) is 18.0 Å². The van der Waals surface area contributed by atoms with Crippen LogP contribution in [0.3, 0.4) is 0 Å². The van der Waals surface area contributed by atoms with Crippen molar-refractivity contribution < 1.29 is 32.6 Å². The van der Waals surface area contributed by atoms with E-state index in [2.05, 4.69) is 15.6 Å². The number of phenols is 1. The van der Waals surface area contributed by atoms with Gasteiger partial charge < -0.3 is 20.5 Å². The fourth-order valence-corrected chi connectivity index (χ4v) is 2.71. The first-order valence-corrected chi connectivity index (χ1v) is 8.91. The lowest BCUT2D eigenvalue weighted by Gasteiger charge is -2.12. The summed E-state index contributed by atoms with van der Waals surface area (Å²) < 4.78 is 43.2. The van der Waals surface area contributed by atoms with E-state index in [1.54, 1.807) is 0 Å². The molecule has 3 rings (SSSR count). The summed E-state index contributed by atoms with van der Waals surface area (Å²) >= 11 is 6.13. The summed E-state index contributed by atoms with van der Waals surface area (Å²) in [7, 11) is 0. The zero-order chi connectivity index (χ0) is 22.6. The summed E-state index contributed by atoms with van der Waals surface area (Å²) in [5.74, 6) is -1.07. The van der Waals surface area contributed by atoms with Crippen molar-refractivity contribution >= 4 is 35.3 Å². The van der Waals surface area contributed by atoms with Crippen LogP contribution in [-0.2, 0) is 11.0 Å². The molecule has 0 unspecified atom stereocenters. The van der Waals surface area contributed by atoms with Gasteiger partial charge in [0.2, 0.25) is 12.3 Å². The molecule has 7 nitrogen and oxygen atoms in total. The molecule has 0 spiro atoms. The van der Waals surface area contributed by atoms with E-state index in [0.717, 1.165) is 12.1 Å². The number of nitrogens with one attached hydrogen (secondary N) is 2. The molecule has 0 atom stereocenters. The van der Waals surface area contributed by atoms with E-state index in [0.29, 0.717) is 12.6 Å². The maximum Gasteiger partial charge on any atom is 0.417 e. The van der Waals surface area contributed by atoms with Crippen molar-refractivity contribution in [3.05, 3.63) is 70.9 Å². The smallest absolute Gasteiger partial charge is 0.417 e. The second-order valence-electron chi connectivity index (χ2n) is 6.05. The second kappa shape index (κ2) is 8.92. The van der Waals surface area contributed by atoms with Crippen molar-refractivity contribution in [1.29, 1.82) is 0 Å². The number of anilines is 2. The average molecular weight is 452 g/mol. The Balaban J connectivity index is 1.73. The van der Waals surface area contributed by atoms with Gasteiger partial charge in [-0.2, -0.15) is 13.2 Å². The van der Waals surface area contributed by atoms with E-state index in [-0.39, 0.29) is 33.6 Å². The molecule has 0 saturated carbocycles. The number of nitrogens with zero attached hydrogens (tertiary/aromatic N) is 1. The van der Waals surface area contributed by atoms with Gasteiger partial charge in [-0.3, -0.25) is 9.59 Å². The van der Waals surface area contributed by atoms with Crippen LogP contribution in [0.4, 0.5) is 24.5 Å². The molecule has 2 aromatic carbocycles. The first-order valence-electron chi connectivity index (χ1n) is 8.53. The molecule has 3 N–H and O–H groups in total. The lowest BCUT2D eigenvalue weighted by molar-refractivity contribution is -0.137. The number of pyridine rings is 1. The highest BCUT2D eigenvalue weighted by atomic mass is 35.5. The second-order valence-corrected chi connectivity index (χ2v) is 6.46. The lowest BCUT2D eigenvalue weighted by Crippen LogP contribution is -2.12. The van der Waals surface area contributed by atoms with Crippen LogP contribution in [0.2, 0.25) is 5.02 Å². The molecule has 0 aliphatic rings. The number of para-hydroxylation sites is 1. The normalized spacial score (nSPS) is 11.0. The Kier molecular flexibility index (Phi) is 6.30. The van der Waals surface area contributed by atoms with Crippen LogP contribution < -0.4 is 15.4 Å². The third-order valence-electron chi connectivity index (χ3n) is 3.96. The summed E-state index contributed by atoms with van der Waals surface area (Å²) in [4.78, 5) is 26.6. The number of benzene rings is 2. The number of phenolic OH excluding ortho intramolecular Hbond substituents is 1. The molecule has 0 aliphatic carbocycles. The predicted molar refractivity (Wildman–Crippen MR) is 107 cm³/mol. The molecule has 31 heavy (non-hydrogen) atoms. The molecule has 0 fully saturated rings. The standard InChI is InChI=1S/C20H13ClF3N3O4/c21-14-8-12(27-19(30)13-2-1-3-15(18(13)29)26-10-28)5-6-16(14)31-17-7-4-11(9-25-17)20(22,23)24/h1-10,29H,(H,26,28)(H,27,30). The number of aromatic hydroxyl groups is 1. The third-order valence-corrected chi connectivity index (χ3v) is 4.26. The molecule has 0 radical (unpaired) electrons. The van der Waals surface area contributed by atoms with Gasteiger partial charge in [0.25, 0.3) is 5.91 Å². The fraction of sp³-hybridized carbons (Fsp3) is 0.0500. The number of carbonyl (C=O) groups excluding carboxylic acids is 2. The largest absolute Gasteiger partial charge is 0.505 e. The van der Waals surface area contributed by atoms with Crippen LogP contribution in [0, 0.1) is 0 Å². The van der Waals surface area contributed by atoms with Gasteiger partial charge in [-0.1, -0.05) is 17.7 Å². The highest BCUT2D eigenvalue weighted by molar-refractivity contribution is 6.32. The number of rotatable bonds is 6. The molecule has 0 saturated heterocycles. The summed E-state index contributed by atoms with van der Waals surface area (Å²) in [5, 5.41) is 14.9. The minimum atomic E-state index is -4.51. The number of ether oxygens (including phenoxy) is 1. The molecule has 1 aromatic heterocycles. The first kappa shape index (κ1) is 21.9. The van der Waals surface area contributed by atoms with Crippen molar-refractivity contribution in [3.8, 4) is 17.4 Å². The van der Waals surface area contributed by atoms with Crippen molar-refractivity contribution in [1.82, 2.24) is 4.98 Å². The molecule has 1 heterocycles. The Morgan fingerprint density at radius 2 is 1.94 bits per heavy atom. The predicted octanol–water partition coefficient (Wildman–Crippen LogP) is 5.07. The summed E-state index contributed by atoms with van der Waals surface area (Å²) in [6.45, 7) is 0. The Morgan fingerprint density at radius 3 is 2.55 bits per heavy atom. The minimum absolute atomic E-state index is 0.0556. The number of hydrogen-bond donors (Lipinski definition) is 3. The molecule has 0 aliphatic heterocycles. The Morgan fingerprint density at radius 1 is 1.16 bits per heavy atom. The van der Waals surface area contributed by atoms with Crippen LogP contribution in [-0.4, -0.2) is 22.4 Å². The quantitative estimate of drug-likeness (QED) is 0.359. The van der Waals surface area contributed by atoms with Crippen LogP contribution in [0.1, 0.15) is 15.9 Å². The fourth-order valence-electron chi connectivity index (χ4n) is 2.49.